The molecule has 1 aliphatic heterocycles. The zero-order chi connectivity index (χ0) is 16.5. The van der Waals surface area contributed by atoms with Crippen molar-refractivity contribution in [2.75, 3.05) is 32.7 Å². The molecule has 2 rings (SSSR count). The van der Waals surface area contributed by atoms with Crippen LogP contribution in [0.3, 0.4) is 0 Å². The Morgan fingerprint density at radius 3 is 2.52 bits per heavy atom. The molecule has 1 aromatic rings. The summed E-state index contributed by atoms with van der Waals surface area (Å²) < 4.78 is 12.8. The SMILES string of the molecule is CC1CCN(CCCNC(=O)NCCc2ccc(F)cc2)CC1. The largest absolute Gasteiger partial charge is 0.338 e. The molecule has 2 amide bonds. The number of benzene rings is 1. The van der Waals surface area contributed by atoms with Crippen molar-refractivity contribution in [3.63, 3.8) is 0 Å². The number of urea groups is 1. The van der Waals surface area contributed by atoms with Gasteiger partial charge in [0.15, 0.2) is 0 Å². The van der Waals surface area contributed by atoms with E-state index in [9.17, 15) is 9.18 Å². The molecule has 1 saturated heterocycles. The molecule has 0 unspecified atom stereocenters. The second-order valence-corrected chi connectivity index (χ2v) is 6.44. The number of piperidine rings is 1. The fraction of sp³-hybridized carbons (Fsp3) is 0.611. The Balaban J connectivity index is 1.49. The van der Waals surface area contributed by atoms with Crippen molar-refractivity contribution in [3.8, 4) is 0 Å². The summed E-state index contributed by atoms with van der Waals surface area (Å²) >= 11 is 0. The topological polar surface area (TPSA) is 44.4 Å². The summed E-state index contributed by atoms with van der Waals surface area (Å²) in [6, 6.07) is 6.25. The number of carbonyl (C=O) groups excluding carboxylic acids is 1. The lowest BCUT2D eigenvalue weighted by molar-refractivity contribution is 0.190. The second kappa shape index (κ2) is 9.50. The molecule has 1 aliphatic rings. The van der Waals surface area contributed by atoms with E-state index in [1.165, 1.54) is 38.1 Å². The minimum absolute atomic E-state index is 0.126. The summed E-state index contributed by atoms with van der Waals surface area (Å²) in [4.78, 5) is 14.2. The van der Waals surface area contributed by atoms with Gasteiger partial charge in [0.25, 0.3) is 0 Å². The predicted octanol–water partition coefficient (Wildman–Crippen LogP) is 2.79. The van der Waals surface area contributed by atoms with Crippen LogP contribution in [-0.2, 0) is 6.42 Å². The molecule has 1 fully saturated rings. The highest BCUT2D eigenvalue weighted by atomic mass is 19.1. The molecule has 0 bridgehead atoms. The molecule has 5 heteroatoms. The molecular formula is C18H28FN3O. The van der Waals surface area contributed by atoms with Gasteiger partial charge in [-0.3, -0.25) is 0 Å². The van der Waals surface area contributed by atoms with Gasteiger partial charge >= 0.3 is 6.03 Å². The molecule has 0 aliphatic carbocycles. The number of amides is 2. The van der Waals surface area contributed by atoms with Crippen LogP contribution in [0.4, 0.5) is 9.18 Å². The first-order chi connectivity index (χ1) is 11.1. The number of nitrogens with zero attached hydrogens (tertiary/aromatic N) is 1. The van der Waals surface area contributed by atoms with E-state index >= 15 is 0 Å². The van der Waals surface area contributed by atoms with E-state index in [1.54, 1.807) is 12.1 Å². The second-order valence-electron chi connectivity index (χ2n) is 6.44. The van der Waals surface area contributed by atoms with E-state index in [2.05, 4.69) is 22.5 Å². The first kappa shape index (κ1) is 17.7. The van der Waals surface area contributed by atoms with Crippen LogP contribution in [0.15, 0.2) is 24.3 Å². The predicted molar refractivity (Wildman–Crippen MR) is 91.0 cm³/mol. The average molecular weight is 321 g/mol. The third kappa shape index (κ3) is 6.99. The van der Waals surface area contributed by atoms with Crippen LogP contribution in [0, 0.1) is 11.7 Å². The molecule has 0 atom stereocenters. The lowest BCUT2D eigenvalue weighted by Gasteiger charge is -2.30. The third-order valence-corrected chi connectivity index (χ3v) is 4.43. The van der Waals surface area contributed by atoms with Crippen molar-refractivity contribution in [2.45, 2.75) is 32.6 Å². The highest BCUT2D eigenvalue weighted by Gasteiger charge is 2.14. The Hall–Kier alpha value is -1.62. The minimum atomic E-state index is -0.234. The zero-order valence-corrected chi connectivity index (χ0v) is 14.0. The molecule has 128 valence electrons. The van der Waals surface area contributed by atoms with E-state index in [-0.39, 0.29) is 11.8 Å². The molecule has 23 heavy (non-hydrogen) atoms. The van der Waals surface area contributed by atoms with Gasteiger partial charge < -0.3 is 15.5 Å². The Labute approximate surface area is 138 Å². The normalized spacial score (nSPS) is 16.3. The number of likely N-dealkylation sites (tertiary alicyclic amines) is 1. The van der Waals surface area contributed by atoms with Gasteiger partial charge in [-0.15, -0.1) is 0 Å². The van der Waals surface area contributed by atoms with Gasteiger partial charge in [-0.25, -0.2) is 9.18 Å². The minimum Gasteiger partial charge on any atom is -0.338 e. The summed E-state index contributed by atoms with van der Waals surface area (Å²) in [6.07, 6.45) is 4.27. The van der Waals surface area contributed by atoms with Gasteiger partial charge in [-0.1, -0.05) is 19.1 Å². The number of nitrogens with one attached hydrogen (secondary N) is 2. The van der Waals surface area contributed by atoms with Gasteiger partial charge in [0, 0.05) is 13.1 Å². The van der Waals surface area contributed by atoms with E-state index in [4.69, 9.17) is 0 Å². The van der Waals surface area contributed by atoms with E-state index in [0.29, 0.717) is 19.5 Å². The highest BCUT2D eigenvalue weighted by Crippen LogP contribution is 2.15. The van der Waals surface area contributed by atoms with Gasteiger partial charge in [0.1, 0.15) is 5.82 Å². The fourth-order valence-electron chi connectivity index (χ4n) is 2.82. The number of hydrogen-bond donors (Lipinski definition) is 2. The van der Waals surface area contributed by atoms with Crippen molar-refractivity contribution in [1.29, 1.82) is 0 Å². The van der Waals surface area contributed by atoms with Crippen LogP contribution in [0.5, 0.6) is 0 Å². The molecule has 1 heterocycles. The van der Waals surface area contributed by atoms with Gasteiger partial charge in [0.05, 0.1) is 0 Å². The number of rotatable bonds is 7. The molecule has 0 spiro atoms. The van der Waals surface area contributed by atoms with Crippen LogP contribution in [0.2, 0.25) is 0 Å². The monoisotopic (exact) mass is 321 g/mol. The Morgan fingerprint density at radius 1 is 1.17 bits per heavy atom. The van der Waals surface area contributed by atoms with Crippen LogP contribution in [-0.4, -0.2) is 43.7 Å². The first-order valence-electron chi connectivity index (χ1n) is 8.62. The van der Waals surface area contributed by atoms with Gasteiger partial charge in [-0.2, -0.15) is 0 Å². The smallest absolute Gasteiger partial charge is 0.314 e. The molecule has 4 nitrogen and oxygen atoms in total. The highest BCUT2D eigenvalue weighted by molar-refractivity contribution is 5.73. The summed E-state index contributed by atoms with van der Waals surface area (Å²) in [5, 5.41) is 5.72. The summed E-state index contributed by atoms with van der Waals surface area (Å²) in [5.74, 6) is 0.624. The molecular weight excluding hydrogens is 293 g/mol. The maximum Gasteiger partial charge on any atom is 0.314 e. The Morgan fingerprint density at radius 2 is 1.83 bits per heavy atom. The number of carbonyl (C=O) groups is 1. The average Bonchev–Trinajstić information content (AvgIpc) is 2.55. The van der Waals surface area contributed by atoms with E-state index in [1.807, 2.05) is 0 Å². The lowest BCUT2D eigenvalue weighted by atomic mass is 9.99. The van der Waals surface area contributed by atoms with Gasteiger partial charge in [0.2, 0.25) is 0 Å². The van der Waals surface area contributed by atoms with E-state index < -0.39 is 0 Å². The standard InChI is InChI=1S/C18H28FN3O/c1-15-8-13-22(14-9-15)12-2-10-20-18(23)21-11-7-16-3-5-17(19)6-4-16/h3-6,15H,2,7-14H2,1H3,(H2,20,21,23). The molecule has 0 saturated carbocycles. The Kier molecular flexibility index (Phi) is 7.33. The van der Waals surface area contributed by atoms with Crippen molar-refractivity contribution >= 4 is 6.03 Å². The van der Waals surface area contributed by atoms with Crippen molar-refractivity contribution in [3.05, 3.63) is 35.6 Å². The van der Waals surface area contributed by atoms with Crippen LogP contribution in [0.25, 0.3) is 0 Å². The van der Waals surface area contributed by atoms with Crippen molar-refractivity contribution in [1.82, 2.24) is 15.5 Å². The summed E-state index contributed by atoms with van der Waals surface area (Å²) in [7, 11) is 0. The lowest BCUT2D eigenvalue weighted by Crippen LogP contribution is -2.39. The van der Waals surface area contributed by atoms with Crippen molar-refractivity contribution in [2.24, 2.45) is 5.92 Å². The molecule has 2 N–H and O–H groups in total. The maximum absolute atomic E-state index is 12.8. The molecule has 1 aromatic carbocycles. The quantitative estimate of drug-likeness (QED) is 0.759. The molecule has 0 radical (unpaired) electrons. The van der Waals surface area contributed by atoms with Crippen LogP contribution < -0.4 is 10.6 Å². The van der Waals surface area contributed by atoms with Crippen LogP contribution >= 0.6 is 0 Å². The number of hydrogen-bond acceptors (Lipinski definition) is 2. The maximum atomic E-state index is 12.8. The third-order valence-electron chi connectivity index (χ3n) is 4.43. The molecule has 0 aromatic heterocycles. The van der Waals surface area contributed by atoms with E-state index in [0.717, 1.165) is 24.4 Å². The zero-order valence-electron chi connectivity index (χ0n) is 14.0. The fourth-order valence-corrected chi connectivity index (χ4v) is 2.82. The van der Waals surface area contributed by atoms with Crippen LogP contribution in [0.1, 0.15) is 31.7 Å². The number of halogens is 1. The summed E-state index contributed by atoms with van der Waals surface area (Å²) in [6.45, 7) is 7.00. The first-order valence-corrected chi connectivity index (χ1v) is 8.62. The summed E-state index contributed by atoms with van der Waals surface area (Å²) in [5.41, 5.74) is 1.02. The Bertz CT molecular complexity index is 470. The van der Waals surface area contributed by atoms with Gasteiger partial charge in [-0.05, 0) is 68.9 Å². The van der Waals surface area contributed by atoms with Crippen molar-refractivity contribution < 1.29 is 9.18 Å².